The van der Waals surface area contributed by atoms with Gasteiger partial charge < -0.3 is 26.3 Å². The highest BCUT2D eigenvalue weighted by atomic mass is 16.6. The average molecular weight is 408 g/mol. The summed E-state index contributed by atoms with van der Waals surface area (Å²) in [5.74, 6) is 1.64. The molecule has 0 fully saturated rings. The van der Waals surface area contributed by atoms with Crippen LogP contribution in [0.25, 0.3) is 0 Å². The van der Waals surface area contributed by atoms with Crippen molar-refractivity contribution in [3.8, 4) is 5.75 Å². The molecule has 2 atom stereocenters. The van der Waals surface area contributed by atoms with Gasteiger partial charge in [-0.1, -0.05) is 30.3 Å². The van der Waals surface area contributed by atoms with Crippen LogP contribution in [0.4, 0.5) is 5.69 Å². The molecule has 1 heterocycles. The monoisotopic (exact) mass is 407 g/mol. The number of carbonyl (C=O) groups is 1. The maximum absolute atomic E-state index is 12.8. The lowest BCUT2D eigenvalue weighted by atomic mass is 9.89. The van der Waals surface area contributed by atoms with Crippen molar-refractivity contribution in [1.29, 1.82) is 0 Å². The predicted molar refractivity (Wildman–Crippen MR) is 117 cm³/mol. The fraction of sp³-hybridized carbons (Fsp3) is 0.375. The summed E-state index contributed by atoms with van der Waals surface area (Å²) < 4.78 is 11.5. The van der Waals surface area contributed by atoms with E-state index < -0.39 is 17.6 Å². The number of esters is 1. The van der Waals surface area contributed by atoms with Crippen molar-refractivity contribution in [3.05, 3.63) is 70.7 Å². The summed E-state index contributed by atoms with van der Waals surface area (Å²) in [4.78, 5) is 12.8. The van der Waals surface area contributed by atoms with E-state index in [1.54, 1.807) is 25.1 Å². The van der Waals surface area contributed by atoms with Crippen molar-refractivity contribution in [2.24, 2.45) is 11.5 Å². The molecule has 158 valence electrons. The Kier molecular flexibility index (Phi) is 5.20. The molecule has 0 amide bonds. The summed E-state index contributed by atoms with van der Waals surface area (Å²) in [5.41, 5.74) is 15.6. The highest BCUT2D eigenvalue weighted by molar-refractivity contribution is 5.79. The number of allylic oxidation sites excluding steroid dienone is 1. The summed E-state index contributed by atoms with van der Waals surface area (Å²) in [6, 6.07) is 13.0. The molecule has 2 aliphatic rings. The Morgan fingerprint density at radius 2 is 2.07 bits per heavy atom. The average Bonchev–Trinajstić information content (AvgIpc) is 3.10. The number of fused-ring (bicyclic) bond motifs is 2. The number of benzene rings is 2. The fourth-order valence-corrected chi connectivity index (χ4v) is 4.35. The highest BCUT2D eigenvalue weighted by Crippen LogP contribution is 2.39. The van der Waals surface area contributed by atoms with Crippen LogP contribution in [0.15, 0.2) is 54.0 Å². The zero-order valence-electron chi connectivity index (χ0n) is 17.7. The number of aryl methyl sites for hydroxylation is 1. The lowest BCUT2D eigenvalue weighted by Gasteiger charge is -2.30. The molecule has 6 nitrogen and oxygen atoms in total. The second kappa shape index (κ2) is 7.69. The van der Waals surface area contributed by atoms with Crippen molar-refractivity contribution in [2.45, 2.75) is 57.6 Å². The van der Waals surface area contributed by atoms with Crippen LogP contribution in [0, 0.1) is 0 Å². The third kappa shape index (κ3) is 4.00. The van der Waals surface area contributed by atoms with Gasteiger partial charge in [0.2, 0.25) is 0 Å². The van der Waals surface area contributed by atoms with Crippen molar-refractivity contribution < 1.29 is 14.3 Å². The van der Waals surface area contributed by atoms with Gasteiger partial charge >= 0.3 is 5.97 Å². The van der Waals surface area contributed by atoms with Gasteiger partial charge in [-0.15, -0.1) is 0 Å². The molecule has 5 N–H and O–H groups in total. The van der Waals surface area contributed by atoms with Gasteiger partial charge in [-0.05, 0) is 74.8 Å². The summed E-state index contributed by atoms with van der Waals surface area (Å²) in [6.45, 7) is 5.69. The first-order chi connectivity index (χ1) is 14.2. The third-order valence-electron chi connectivity index (χ3n) is 5.90. The van der Waals surface area contributed by atoms with Crippen molar-refractivity contribution >= 4 is 11.7 Å². The van der Waals surface area contributed by atoms with Crippen LogP contribution in [-0.2, 0) is 16.0 Å². The van der Waals surface area contributed by atoms with Crippen LogP contribution >= 0.6 is 0 Å². The largest absolute Gasteiger partial charge is 0.458 e. The maximum Gasteiger partial charge on any atom is 0.328 e. The Labute approximate surface area is 177 Å². The minimum Gasteiger partial charge on any atom is -0.458 e. The molecule has 0 spiro atoms. The predicted octanol–water partition coefficient (Wildman–Crippen LogP) is 4.08. The number of nitrogens with one attached hydrogen (secondary N) is 1. The first-order valence-electron chi connectivity index (χ1n) is 10.3. The zero-order valence-corrected chi connectivity index (χ0v) is 17.7. The van der Waals surface area contributed by atoms with Crippen LogP contribution in [0.1, 0.15) is 62.3 Å². The van der Waals surface area contributed by atoms with E-state index in [1.807, 2.05) is 13.8 Å². The molecule has 2 unspecified atom stereocenters. The van der Waals surface area contributed by atoms with E-state index in [9.17, 15) is 4.79 Å². The van der Waals surface area contributed by atoms with E-state index in [2.05, 4.69) is 29.6 Å². The van der Waals surface area contributed by atoms with Gasteiger partial charge in [0.15, 0.2) is 5.75 Å². The number of nitrogens with two attached hydrogens (primary N) is 2. The van der Waals surface area contributed by atoms with Crippen LogP contribution in [0.2, 0.25) is 0 Å². The molecule has 6 heteroatoms. The zero-order chi connectivity index (χ0) is 21.5. The molecule has 0 saturated heterocycles. The third-order valence-corrected chi connectivity index (χ3v) is 5.90. The quantitative estimate of drug-likeness (QED) is 0.646. The topological polar surface area (TPSA) is 99.6 Å². The maximum atomic E-state index is 12.8. The Balaban J connectivity index is 1.43. The Hall–Kier alpha value is -2.99. The minimum atomic E-state index is -0.888. The first-order valence-corrected chi connectivity index (χ1v) is 10.3. The smallest absolute Gasteiger partial charge is 0.328 e. The molecular weight excluding hydrogens is 378 g/mol. The fourth-order valence-electron chi connectivity index (χ4n) is 4.35. The molecule has 0 saturated carbocycles. The highest BCUT2D eigenvalue weighted by Gasteiger charge is 2.33. The molecule has 4 rings (SSSR count). The van der Waals surface area contributed by atoms with E-state index in [0.717, 1.165) is 19.3 Å². The van der Waals surface area contributed by atoms with E-state index in [4.69, 9.17) is 20.9 Å². The van der Waals surface area contributed by atoms with E-state index >= 15 is 0 Å². The van der Waals surface area contributed by atoms with Gasteiger partial charge in [0, 0.05) is 0 Å². The van der Waals surface area contributed by atoms with Gasteiger partial charge in [-0.2, -0.15) is 0 Å². The number of hydrogen-bond acceptors (Lipinski definition) is 6. The standard InChI is InChI=1S/C24H29N3O3/c1-14-22(26)27-19-12-16(10-11-20(19)29-14)21(25)23(28)30-24(2,3)13-17-9-8-15-6-4-5-7-18(15)17/h4-7,10-12,17,21,27H,8-9,13,25-26H2,1-3H3. The molecule has 1 aliphatic heterocycles. The molecule has 0 radical (unpaired) electrons. The first kappa shape index (κ1) is 20.3. The van der Waals surface area contributed by atoms with Gasteiger partial charge in [-0.25, -0.2) is 4.79 Å². The molecular formula is C24H29N3O3. The second-order valence-electron chi connectivity index (χ2n) is 8.75. The van der Waals surface area contributed by atoms with Crippen LogP contribution in [0.3, 0.4) is 0 Å². The molecule has 0 aromatic heterocycles. The van der Waals surface area contributed by atoms with E-state index in [0.29, 0.717) is 34.5 Å². The number of anilines is 1. The number of carbonyl (C=O) groups excluding carboxylic acids is 1. The summed E-state index contributed by atoms with van der Waals surface area (Å²) in [7, 11) is 0. The summed E-state index contributed by atoms with van der Waals surface area (Å²) >= 11 is 0. The SMILES string of the molecule is CC1=C(N)Nc2cc(C(N)C(=O)OC(C)(C)CC3CCc4ccccc43)ccc2O1. The van der Waals surface area contributed by atoms with Crippen molar-refractivity contribution in [2.75, 3.05) is 5.32 Å². The summed E-state index contributed by atoms with van der Waals surface area (Å²) in [6.07, 6.45) is 2.92. The Morgan fingerprint density at radius 3 is 2.87 bits per heavy atom. The van der Waals surface area contributed by atoms with E-state index in [-0.39, 0.29) is 0 Å². The van der Waals surface area contributed by atoms with Crippen molar-refractivity contribution in [1.82, 2.24) is 0 Å². The van der Waals surface area contributed by atoms with Crippen molar-refractivity contribution in [3.63, 3.8) is 0 Å². The van der Waals surface area contributed by atoms with Gasteiger partial charge in [-0.3, -0.25) is 0 Å². The Morgan fingerprint density at radius 1 is 1.30 bits per heavy atom. The van der Waals surface area contributed by atoms with Gasteiger partial charge in [0.25, 0.3) is 0 Å². The second-order valence-corrected chi connectivity index (χ2v) is 8.75. The minimum absolute atomic E-state index is 0.392. The molecule has 2 aromatic rings. The molecule has 30 heavy (non-hydrogen) atoms. The Bertz CT molecular complexity index is 1010. The molecule has 1 aliphatic carbocycles. The van der Waals surface area contributed by atoms with Crippen LogP contribution < -0.4 is 21.5 Å². The van der Waals surface area contributed by atoms with Crippen LogP contribution in [-0.4, -0.2) is 11.6 Å². The normalized spacial score (nSPS) is 18.7. The lowest BCUT2D eigenvalue weighted by Crippen LogP contribution is -2.35. The molecule has 2 aromatic carbocycles. The molecule has 0 bridgehead atoms. The number of rotatable bonds is 5. The van der Waals surface area contributed by atoms with Gasteiger partial charge in [0.1, 0.15) is 23.2 Å². The lowest BCUT2D eigenvalue weighted by molar-refractivity contribution is -0.159. The summed E-state index contributed by atoms with van der Waals surface area (Å²) in [5, 5.41) is 3.07. The van der Waals surface area contributed by atoms with E-state index in [1.165, 1.54) is 11.1 Å². The van der Waals surface area contributed by atoms with Gasteiger partial charge in [0.05, 0.1) is 5.69 Å². The number of hydrogen-bond donors (Lipinski definition) is 3. The number of ether oxygens (including phenoxy) is 2. The van der Waals surface area contributed by atoms with Crippen LogP contribution in [0.5, 0.6) is 5.75 Å².